The Hall–Kier alpha value is -2.32. The highest BCUT2D eigenvalue weighted by molar-refractivity contribution is 7.89. The zero-order valence-electron chi connectivity index (χ0n) is 17.3. The second kappa shape index (κ2) is 8.81. The number of aryl methyl sites for hydroxylation is 1. The molecular weight excluding hydrogens is 402 g/mol. The molecule has 1 aromatic carbocycles. The number of aromatic nitrogens is 1. The van der Waals surface area contributed by atoms with Crippen molar-refractivity contribution in [2.24, 2.45) is 13.0 Å². The van der Waals surface area contributed by atoms with E-state index < -0.39 is 10.0 Å². The molecule has 1 aromatic heterocycles. The number of ether oxygens (including phenoxy) is 1. The van der Waals surface area contributed by atoms with Crippen LogP contribution in [-0.4, -0.2) is 42.4 Å². The average Bonchev–Trinajstić information content (AvgIpc) is 3.40. The number of hydrogen-bond donors (Lipinski definition) is 1. The van der Waals surface area contributed by atoms with Gasteiger partial charge in [0.05, 0.1) is 11.0 Å². The van der Waals surface area contributed by atoms with Crippen molar-refractivity contribution in [1.82, 2.24) is 8.87 Å². The topological polar surface area (TPSA) is 80.6 Å². The van der Waals surface area contributed by atoms with Crippen LogP contribution >= 0.6 is 0 Å². The molecule has 7 nitrogen and oxygen atoms in total. The molecular formula is C22H29N3O4S. The molecule has 1 saturated heterocycles. The molecule has 2 aliphatic rings. The maximum atomic E-state index is 12.7. The van der Waals surface area contributed by atoms with Gasteiger partial charge in [0.1, 0.15) is 5.75 Å². The monoisotopic (exact) mass is 431 g/mol. The maximum Gasteiger partial charge on any atom is 0.244 e. The summed E-state index contributed by atoms with van der Waals surface area (Å²) in [5, 5.41) is 2.98. The van der Waals surface area contributed by atoms with Crippen LogP contribution in [0.3, 0.4) is 0 Å². The molecule has 0 unspecified atom stereocenters. The van der Waals surface area contributed by atoms with Gasteiger partial charge in [-0.05, 0) is 56.7 Å². The molecule has 30 heavy (non-hydrogen) atoms. The lowest BCUT2D eigenvalue weighted by Crippen LogP contribution is -2.41. The van der Waals surface area contributed by atoms with Crippen LogP contribution in [0.25, 0.3) is 0 Å². The number of rotatable bonds is 6. The third kappa shape index (κ3) is 4.70. The highest BCUT2D eigenvalue weighted by Gasteiger charge is 2.32. The predicted molar refractivity (Wildman–Crippen MR) is 115 cm³/mol. The Morgan fingerprint density at radius 2 is 1.83 bits per heavy atom. The summed E-state index contributed by atoms with van der Waals surface area (Å²) in [5.41, 5.74) is 0.717. The van der Waals surface area contributed by atoms with Crippen LogP contribution in [0.4, 0.5) is 5.69 Å². The van der Waals surface area contributed by atoms with E-state index in [-0.39, 0.29) is 17.9 Å². The Bertz CT molecular complexity index is 987. The number of nitrogens with zero attached hydrogens (tertiary/aromatic N) is 2. The third-order valence-corrected chi connectivity index (χ3v) is 7.86. The quantitative estimate of drug-likeness (QED) is 0.760. The van der Waals surface area contributed by atoms with E-state index >= 15 is 0 Å². The van der Waals surface area contributed by atoms with Gasteiger partial charge in [-0.1, -0.05) is 6.07 Å². The summed E-state index contributed by atoms with van der Waals surface area (Å²) < 4.78 is 34.7. The van der Waals surface area contributed by atoms with E-state index in [0.717, 1.165) is 24.3 Å². The van der Waals surface area contributed by atoms with Crippen molar-refractivity contribution in [2.75, 3.05) is 18.4 Å². The van der Waals surface area contributed by atoms with E-state index in [1.165, 1.54) is 17.1 Å². The minimum absolute atomic E-state index is 0.0650. The summed E-state index contributed by atoms with van der Waals surface area (Å²) in [5.74, 6) is 0.514. The summed E-state index contributed by atoms with van der Waals surface area (Å²) in [6, 6.07) is 9.13. The lowest BCUT2D eigenvalue weighted by atomic mass is 9.97. The van der Waals surface area contributed by atoms with E-state index in [9.17, 15) is 13.2 Å². The number of nitrogens with one attached hydrogen (secondary N) is 1. The molecule has 0 atom stereocenters. The Morgan fingerprint density at radius 3 is 2.50 bits per heavy atom. The van der Waals surface area contributed by atoms with Gasteiger partial charge in [0.15, 0.2) is 0 Å². The van der Waals surface area contributed by atoms with Gasteiger partial charge >= 0.3 is 0 Å². The number of amides is 1. The molecule has 2 heterocycles. The van der Waals surface area contributed by atoms with Crippen LogP contribution in [-0.2, 0) is 21.9 Å². The first-order valence-electron chi connectivity index (χ1n) is 10.6. The van der Waals surface area contributed by atoms with Crippen molar-refractivity contribution in [1.29, 1.82) is 0 Å². The first kappa shape index (κ1) is 20.9. The number of carbonyl (C=O) groups excluding carboxylic acids is 1. The second-order valence-electron chi connectivity index (χ2n) is 8.23. The Morgan fingerprint density at radius 1 is 1.10 bits per heavy atom. The van der Waals surface area contributed by atoms with Crippen molar-refractivity contribution in [3.05, 3.63) is 42.7 Å². The number of piperidine rings is 1. The average molecular weight is 432 g/mol. The molecule has 1 saturated carbocycles. The lowest BCUT2D eigenvalue weighted by Gasteiger charge is -2.30. The Labute approximate surface area is 178 Å². The molecule has 8 heteroatoms. The predicted octanol–water partition coefficient (Wildman–Crippen LogP) is 3.39. The first-order valence-corrected chi connectivity index (χ1v) is 12.1. The van der Waals surface area contributed by atoms with E-state index in [4.69, 9.17) is 4.74 Å². The summed E-state index contributed by atoms with van der Waals surface area (Å²) in [6.07, 6.45) is 9.20. The van der Waals surface area contributed by atoms with Gasteiger partial charge < -0.3 is 14.6 Å². The zero-order valence-corrected chi connectivity index (χ0v) is 18.1. The molecule has 2 aromatic rings. The standard InChI is InChI=1S/C22H29N3O4S/c1-24-12-11-21(16-24)30(27,28)25-13-9-17(10-14-25)22(26)23-18-5-4-8-20(15-18)29-19-6-2-3-7-19/h4-5,8,11-12,15-17,19H,2-3,6-7,9-10,13-14H2,1H3,(H,23,26). The van der Waals surface area contributed by atoms with E-state index in [1.54, 1.807) is 30.1 Å². The number of carbonyl (C=O) groups is 1. The first-order chi connectivity index (χ1) is 14.4. The van der Waals surface area contributed by atoms with Gasteiger partial charge in [0, 0.05) is 50.2 Å². The van der Waals surface area contributed by atoms with Crippen LogP contribution in [0.5, 0.6) is 5.75 Å². The fraction of sp³-hybridized carbons (Fsp3) is 0.500. The normalized spacial score (nSPS) is 19.1. The zero-order chi connectivity index (χ0) is 21.1. The van der Waals surface area contributed by atoms with Gasteiger partial charge in [-0.25, -0.2) is 8.42 Å². The molecule has 1 aliphatic heterocycles. The molecule has 162 valence electrons. The van der Waals surface area contributed by atoms with Crippen molar-refractivity contribution < 1.29 is 17.9 Å². The molecule has 0 radical (unpaired) electrons. The highest BCUT2D eigenvalue weighted by atomic mass is 32.2. The molecule has 1 amide bonds. The molecule has 0 spiro atoms. The fourth-order valence-electron chi connectivity index (χ4n) is 4.23. The highest BCUT2D eigenvalue weighted by Crippen LogP contribution is 2.28. The summed E-state index contributed by atoms with van der Waals surface area (Å²) in [4.78, 5) is 13.0. The third-order valence-electron chi connectivity index (χ3n) is 5.97. The van der Waals surface area contributed by atoms with E-state index in [1.807, 2.05) is 24.3 Å². The number of hydrogen-bond acceptors (Lipinski definition) is 4. The van der Waals surface area contributed by atoms with Crippen molar-refractivity contribution >= 4 is 21.6 Å². The van der Waals surface area contributed by atoms with Crippen LogP contribution in [0.15, 0.2) is 47.6 Å². The number of benzene rings is 1. The lowest BCUT2D eigenvalue weighted by molar-refractivity contribution is -0.120. The largest absolute Gasteiger partial charge is 0.490 e. The minimum Gasteiger partial charge on any atom is -0.490 e. The van der Waals surface area contributed by atoms with E-state index in [0.29, 0.717) is 30.8 Å². The Balaban J connectivity index is 1.32. The fourth-order valence-corrected chi connectivity index (χ4v) is 5.75. The minimum atomic E-state index is -3.50. The van der Waals surface area contributed by atoms with Crippen LogP contribution in [0, 0.1) is 5.92 Å². The molecule has 1 N–H and O–H groups in total. The van der Waals surface area contributed by atoms with E-state index in [2.05, 4.69) is 5.32 Å². The van der Waals surface area contributed by atoms with Gasteiger partial charge in [-0.3, -0.25) is 4.79 Å². The Kier molecular flexibility index (Phi) is 6.15. The van der Waals surface area contributed by atoms with Crippen molar-refractivity contribution in [2.45, 2.75) is 49.5 Å². The SMILES string of the molecule is Cn1ccc(S(=O)(=O)N2CCC(C(=O)Nc3cccc(OC4CCCC4)c3)CC2)c1. The summed E-state index contributed by atoms with van der Waals surface area (Å²) in [6.45, 7) is 0.695. The molecule has 0 bridgehead atoms. The number of anilines is 1. The molecule has 1 aliphatic carbocycles. The smallest absolute Gasteiger partial charge is 0.244 e. The van der Waals surface area contributed by atoms with Crippen LogP contribution in [0.1, 0.15) is 38.5 Å². The second-order valence-corrected chi connectivity index (χ2v) is 10.2. The molecule has 4 rings (SSSR count). The van der Waals surface area contributed by atoms with Crippen molar-refractivity contribution in [3.63, 3.8) is 0 Å². The van der Waals surface area contributed by atoms with Gasteiger partial charge in [0.25, 0.3) is 0 Å². The van der Waals surface area contributed by atoms with Crippen LogP contribution < -0.4 is 10.1 Å². The summed E-state index contributed by atoms with van der Waals surface area (Å²) in [7, 11) is -1.71. The van der Waals surface area contributed by atoms with Crippen molar-refractivity contribution in [3.8, 4) is 5.75 Å². The van der Waals surface area contributed by atoms with Gasteiger partial charge in [0.2, 0.25) is 15.9 Å². The van der Waals surface area contributed by atoms with Gasteiger partial charge in [-0.15, -0.1) is 0 Å². The molecule has 2 fully saturated rings. The number of sulfonamides is 1. The maximum absolute atomic E-state index is 12.7. The van der Waals surface area contributed by atoms with Gasteiger partial charge in [-0.2, -0.15) is 4.31 Å². The van der Waals surface area contributed by atoms with Crippen LogP contribution in [0.2, 0.25) is 0 Å². The summed E-state index contributed by atoms with van der Waals surface area (Å²) >= 11 is 0.